The Hall–Kier alpha value is -1.62. The van der Waals surface area contributed by atoms with Crippen LogP contribution in [0, 0.1) is 5.82 Å². The summed E-state index contributed by atoms with van der Waals surface area (Å²) < 4.78 is 13.5. The number of benzene rings is 1. The van der Waals surface area contributed by atoms with Crippen molar-refractivity contribution in [1.82, 2.24) is 10.6 Å². The predicted molar refractivity (Wildman–Crippen MR) is 70.4 cm³/mol. The molecular weight excluding hydrogens is 247 g/mol. The van der Waals surface area contributed by atoms with Gasteiger partial charge in [0.2, 0.25) is 0 Å². The number of carbonyl (C=O) groups excluding carboxylic acids is 1. The van der Waals surface area contributed by atoms with Crippen molar-refractivity contribution in [3.8, 4) is 0 Å². The molecule has 0 radical (unpaired) electrons. The van der Waals surface area contributed by atoms with Crippen LogP contribution in [-0.4, -0.2) is 29.8 Å². The molecule has 0 aliphatic heterocycles. The summed E-state index contributed by atoms with van der Waals surface area (Å²) in [5.41, 5.74) is 0.655. The summed E-state index contributed by atoms with van der Waals surface area (Å²) in [5, 5.41) is 14.5. The smallest absolute Gasteiger partial charge is 0.315 e. The van der Waals surface area contributed by atoms with E-state index in [1.165, 1.54) is 6.07 Å². The summed E-state index contributed by atoms with van der Waals surface area (Å²) in [7, 11) is 0. The van der Waals surface area contributed by atoms with Crippen molar-refractivity contribution in [2.45, 2.75) is 37.8 Å². The molecule has 3 atom stereocenters. The van der Waals surface area contributed by atoms with E-state index < -0.39 is 0 Å². The van der Waals surface area contributed by atoms with Gasteiger partial charge in [0.05, 0.1) is 12.6 Å². The SMILES string of the molecule is CCC(CO)NC(=O)NC1CC1c1ccccc1F. The van der Waals surface area contributed by atoms with Gasteiger partial charge in [0.1, 0.15) is 5.82 Å². The fourth-order valence-corrected chi connectivity index (χ4v) is 2.15. The third kappa shape index (κ3) is 3.44. The van der Waals surface area contributed by atoms with Gasteiger partial charge in [-0.15, -0.1) is 0 Å². The summed E-state index contributed by atoms with van der Waals surface area (Å²) in [6, 6.07) is 6.09. The Morgan fingerprint density at radius 2 is 2.26 bits per heavy atom. The van der Waals surface area contributed by atoms with Crippen LogP contribution in [0.3, 0.4) is 0 Å². The van der Waals surface area contributed by atoms with Crippen LogP contribution in [0.15, 0.2) is 24.3 Å². The molecule has 0 heterocycles. The van der Waals surface area contributed by atoms with Gasteiger partial charge in [-0.2, -0.15) is 0 Å². The lowest BCUT2D eigenvalue weighted by Crippen LogP contribution is -2.44. The van der Waals surface area contributed by atoms with Crippen molar-refractivity contribution >= 4 is 6.03 Å². The van der Waals surface area contributed by atoms with Gasteiger partial charge < -0.3 is 15.7 Å². The third-order valence-electron chi connectivity index (χ3n) is 3.46. The molecule has 104 valence electrons. The number of aliphatic hydroxyl groups excluding tert-OH is 1. The van der Waals surface area contributed by atoms with E-state index in [1.807, 2.05) is 6.92 Å². The quantitative estimate of drug-likeness (QED) is 0.760. The van der Waals surface area contributed by atoms with Crippen LogP contribution in [0.5, 0.6) is 0 Å². The molecule has 1 saturated carbocycles. The highest BCUT2D eigenvalue weighted by atomic mass is 19.1. The van der Waals surface area contributed by atoms with Gasteiger partial charge in [0.25, 0.3) is 0 Å². The maximum atomic E-state index is 13.5. The zero-order chi connectivity index (χ0) is 13.8. The van der Waals surface area contributed by atoms with Gasteiger partial charge in [0.15, 0.2) is 0 Å². The Bertz CT molecular complexity index is 449. The van der Waals surface area contributed by atoms with Crippen molar-refractivity contribution in [2.24, 2.45) is 0 Å². The zero-order valence-corrected chi connectivity index (χ0v) is 10.9. The van der Waals surface area contributed by atoms with E-state index in [2.05, 4.69) is 10.6 Å². The molecule has 2 amide bonds. The summed E-state index contributed by atoms with van der Waals surface area (Å²) in [6.45, 7) is 1.81. The first-order valence-corrected chi connectivity index (χ1v) is 6.58. The molecule has 0 bridgehead atoms. The summed E-state index contributed by atoms with van der Waals surface area (Å²) >= 11 is 0. The van der Waals surface area contributed by atoms with E-state index in [-0.39, 0.29) is 36.5 Å². The van der Waals surface area contributed by atoms with Gasteiger partial charge in [0, 0.05) is 12.0 Å². The second-order valence-corrected chi connectivity index (χ2v) is 4.88. The number of urea groups is 1. The minimum Gasteiger partial charge on any atom is -0.394 e. The number of hydrogen-bond donors (Lipinski definition) is 3. The normalized spacial score (nSPS) is 22.7. The molecule has 1 fully saturated rings. The Kier molecular flexibility index (Phi) is 4.37. The van der Waals surface area contributed by atoms with E-state index in [0.717, 1.165) is 6.42 Å². The van der Waals surface area contributed by atoms with Crippen LogP contribution in [0.1, 0.15) is 31.2 Å². The highest BCUT2D eigenvalue weighted by molar-refractivity contribution is 5.75. The van der Waals surface area contributed by atoms with Crippen LogP contribution in [0.2, 0.25) is 0 Å². The highest BCUT2D eigenvalue weighted by Gasteiger charge is 2.41. The molecule has 1 aromatic carbocycles. The molecule has 1 aliphatic carbocycles. The van der Waals surface area contributed by atoms with Gasteiger partial charge >= 0.3 is 6.03 Å². The molecule has 1 aromatic rings. The molecule has 0 saturated heterocycles. The van der Waals surface area contributed by atoms with E-state index in [9.17, 15) is 9.18 Å². The van der Waals surface area contributed by atoms with Crippen molar-refractivity contribution < 1.29 is 14.3 Å². The van der Waals surface area contributed by atoms with Crippen LogP contribution in [0.4, 0.5) is 9.18 Å². The van der Waals surface area contributed by atoms with Crippen LogP contribution in [-0.2, 0) is 0 Å². The van der Waals surface area contributed by atoms with E-state index in [1.54, 1.807) is 18.2 Å². The summed E-state index contributed by atoms with van der Waals surface area (Å²) in [5.74, 6) is -0.167. The lowest BCUT2D eigenvalue weighted by atomic mass is 10.1. The number of nitrogens with one attached hydrogen (secondary N) is 2. The third-order valence-corrected chi connectivity index (χ3v) is 3.46. The molecule has 0 aromatic heterocycles. The topological polar surface area (TPSA) is 61.4 Å². The predicted octanol–water partition coefficient (Wildman–Crippen LogP) is 1.75. The second kappa shape index (κ2) is 6.02. The minimum absolute atomic E-state index is 0.0203. The van der Waals surface area contributed by atoms with Crippen molar-refractivity contribution in [3.05, 3.63) is 35.6 Å². The molecule has 2 rings (SSSR count). The number of halogens is 1. The van der Waals surface area contributed by atoms with Crippen molar-refractivity contribution in [1.29, 1.82) is 0 Å². The van der Waals surface area contributed by atoms with E-state index in [0.29, 0.717) is 12.0 Å². The molecule has 1 aliphatic rings. The lowest BCUT2D eigenvalue weighted by Gasteiger charge is -2.14. The average Bonchev–Trinajstić information content (AvgIpc) is 3.15. The van der Waals surface area contributed by atoms with Gasteiger partial charge in [-0.3, -0.25) is 0 Å². The Labute approximate surface area is 112 Å². The Balaban J connectivity index is 1.84. The standard InChI is InChI=1S/C14H19FN2O2/c1-2-9(8-18)16-14(19)17-13-7-11(13)10-5-3-4-6-12(10)15/h3-6,9,11,13,18H,2,7-8H2,1H3,(H2,16,17,19). The Morgan fingerprint density at radius 1 is 1.53 bits per heavy atom. The average molecular weight is 266 g/mol. The summed E-state index contributed by atoms with van der Waals surface area (Å²) in [4.78, 5) is 11.7. The molecule has 19 heavy (non-hydrogen) atoms. The first-order valence-electron chi connectivity index (χ1n) is 6.58. The zero-order valence-electron chi connectivity index (χ0n) is 10.9. The number of carbonyl (C=O) groups is 1. The number of amides is 2. The van der Waals surface area contributed by atoms with E-state index in [4.69, 9.17) is 5.11 Å². The first kappa shape index (κ1) is 13.8. The first-order chi connectivity index (χ1) is 9.15. The minimum atomic E-state index is -0.301. The van der Waals surface area contributed by atoms with Gasteiger partial charge in [-0.25, -0.2) is 9.18 Å². The van der Waals surface area contributed by atoms with Crippen molar-refractivity contribution in [2.75, 3.05) is 6.61 Å². The highest BCUT2D eigenvalue weighted by Crippen LogP contribution is 2.41. The fraction of sp³-hybridized carbons (Fsp3) is 0.500. The van der Waals surface area contributed by atoms with Gasteiger partial charge in [-0.1, -0.05) is 25.1 Å². The maximum absolute atomic E-state index is 13.5. The monoisotopic (exact) mass is 266 g/mol. The second-order valence-electron chi connectivity index (χ2n) is 4.88. The molecular formula is C14H19FN2O2. The fourth-order valence-electron chi connectivity index (χ4n) is 2.15. The molecule has 5 heteroatoms. The number of hydrogen-bond acceptors (Lipinski definition) is 2. The van der Waals surface area contributed by atoms with Crippen molar-refractivity contribution in [3.63, 3.8) is 0 Å². The lowest BCUT2D eigenvalue weighted by molar-refractivity contribution is 0.214. The molecule has 4 nitrogen and oxygen atoms in total. The maximum Gasteiger partial charge on any atom is 0.315 e. The number of aliphatic hydroxyl groups is 1. The molecule has 3 N–H and O–H groups in total. The molecule has 0 spiro atoms. The summed E-state index contributed by atoms with van der Waals surface area (Å²) in [6.07, 6.45) is 1.43. The van der Waals surface area contributed by atoms with Crippen LogP contribution < -0.4 is 10.6 Å². The van der Waals surface area contributed by atoms with E-state index >= 15 is 0 Å². The van der Waals surface area contributed by atoms with Crippen LogP contribution >= 0.6 is 0 Å². The number of rotatable bonds is 5. The largest absolute Gasteiger partial charge is 0.394 e. The molecule has 3 unspecified atom stereocenters. The van der Waals surface area contributed by atoms with Crippen LogP contribution in [0.25, 0.3) is 0 Å². The Morgan fingerprint density at radius 3 is 2.89 bits per heavy atom. The van der Waals surface area contributed by atoms with Gasteiger partial charge in [-0.05, 0) is 24.5 Å².